The number of carbonyl (C=O) groups excluding carboxylic acids is 2. The minimum absolute atomic E-state index is 0.197. The predicted molar refractivity (Wildman–Crippen MR) is 84.8 cm³/mol. The molecular weight excluding hydrogens is 317 g/mol. The number of hydrogen-bond acceptors (Lipinski definition) is 4. The van der Waals surface area contributed by atoms with E-state index in [9.17, 15) is 14.0 Å². The molecule has 0 aromatic heterocycles. The van der Waals surface area contributed by atoms with E-state index in [2.05, 4.69) is 10.6 Å². The van der Waals surface area contributed by atoms with Crippen molar-refractivity contribution in [2.24, 2.45) is 5.73 Å². The molecule has 132 valence electrons. The first-order valence-electron chi connectivity index (χ1n) is 7.81. The fraction of sp³-hybridized carbons (Fsp3) is 0.500. The van der Waals surface area contributed by atoms with E-state index in [1.54, 1.807) is 18.2 Å². The van der Waals surface area contributed by atoms with Crippen molar-refractivity contribution in [2.75, 3.05) is 26.4 Å². The van der Waals surface area contributed by atoms with Crippen molar-refractivity contribution in [3.8, 4) is 0 Å². The van der Waals surface area contributed by atoms with Gasteiger partial charge in [-0.25, -0.2) is 9.18 Å². The van der Waals surface area contributed by atoms with Crippen LogP contribution in [0.2, 0.25) is 0 Å². The highest BCUT2D eigenvalue weighted by atomic mass is 19.1. The van der Waals surface area contributed by atoms with Crippen molar-refractivity contribution in [2.45, 2.75) is 25.0 Å². The standard InChI is InChI=1S/C16H22FN3O4/c17-12-4-2-1-3-11(12)5-7-19-16(22)20-13-9-23-8-6-14(13)24-10-15(18)21/h1-4,13-14H,5-10H2,(H2,18,21)(H2,19,20,22)/t13-,14+/m0/s1. The summed E-state index contributed by atoms with van der Waals surface area (Å²) in [5, 5.41) is 5.42. The molecule has 0 spiro atoms. The number of halogens is 1. The number of carbonyl (C=O) groups is 2. The quantitative estimate of drug-likeness (QED) is 0.666. The molecule has 1 aliphatic heterocycles. The normalized spacial score (nSPS) is 20.4. The SMILES string of the molecule is NC(=O)CO[C@@H]1CCOC[C@@H]1NC(=O)NCCc1ccccc1F. The van der Waals surface area contributed by atoms with Gasteiger partial charge in [0.1, 0.15) is 12.4 Å². The van der Waals surface area contributed by atoms with Crippen molar-refractivity contribution < 1.29 is 23.5 Å². The van der Waals surface area contributed by atoms with Gasteiger partial charge >= 0.3 is 6.03 Å². The summed E-state index contributed by atoms with van der Waals surface area (Å²) in [7, 11) is 0. The van der Waals surface area contributed by atoms with Crippen LogP contribution in [-0.4, -0.2) is 50.4 Å². The molecule has 0 bridgehead atoms. The van der Waals surface area contributed by atoms with Crippen LogP contribution in [0.5, 0.6) is 0 Å². The minimum Gasteiger partial charge on any atom is -0.379 e. The Balaban J connectivity index is 1.75. The van der Waals surface area contributed by atoms with Crippen molar-refractivity contribution >= 4 is 11.9 Å². The first kappa shape index (κ1) is 18.2. The molecule has 3 amide bonds. The first-order valence-corrected chi connectivity index (χ1v) is 7.81. The second kappa shape index (κ2) is 9.19. The highest BCUT2D eigenvalue weighted by Gasteiger charge is 2.28. The number of nitrogens with two attached hydrogens (primary N) is 1. The maximum Gasteiger partial charge on any atom is 0.315 e. The molecule has 1 heterocycles. The van der Waals surface area contributed by atoms with Gasteiger partial charge in [0.15, 0.2) is 0 Å². The summed E-state index contributed by atoms with van der Waals surface area (Å²) >= 11 is 0. The number of ether oxygens (including phenoxy) is 2. The highest BCUT2D eigenvalue weighted by Crippen LogP contribution is 2.12. The summed E-state index contributed by atoms with van der Waals surface area (Å²) in [4.78, 5) is 22.8. The molecule has 1 aromatic rings. The van der Waals surface area contributed by atoms with Crippen LogP contribution in [0.1, 0.15) is 12.0 Å². The lowest BCUT2D eigenvalue weighted by molar-refractivity contribution is -0.128. The summed E-state index contributed by atoms with van der Waals surface area (Å²) < 4.78 is 24.2. The average molecular weight is 339 g/mol. The van der Waals surface area contributed by atoms with E-state index < -0.39 is 11.9 Å². The van der Waals surface area contributed by atoms with Crippen LogP contribution < -0.4 is 16.4 Å². The molecule has 0 saturated carbocycles. The fourth-order valence-electron chi connectivity index (χ4n) is 2.47. The first-order chi connectivity index (χ1) is 11.6. The summed E-state index contributed by atoms with van der Waals surface area (Å²) in [6, 6.07) is 5.67. The molecule has 24 heavy (non-hydrogen) atoms. The van der Waals surface area contributed by atoms with Crippen LogP contribution in [0.15, 0.2) is 24.3 Å². The molecule has 2 atom stereocenters. The van der Waals surface area contributed by atoms with E-state index in [0.717, 1.165) is 0 Å². The molecular formula is C16H22FN3O4. The Hall–Kier alpha value is -2.19. The Morgan fingerprint density at radius 3 is 2.92 bits per heavy atom. The lowest BCUT2D eigenvalue weighted by Crippen LogP contribution is -2.53. The molecule has 1 fully saturated rings. The van der Waals surface area contributed by atoms with E-state index in [0.29, 0.717) is 38.2 Å². The molecule has 0 radical (unpaired) electrons. The largest absolute Gasteiger partial charge is 0.379 e. The molecule has 7 nitrogen and oxygen atoms in total. The molecule has 1 aliphatic rings. The Labute approximate surface area is 139 Å². The zero-order valence-corrected chi connectivity index (χ0v) is 13.3. The van der Waals surface area contributed by atoms with Gasteiger partial charge in [0.05, 0.1) is 18.8 Å². The van der Waals surface area contributed by atoms with Crippen LogP contribution >= 0.6 is 0 Å². The fourth-order valence-corrected chi connectivity index (χ4v) is 2.47. The lowest BCUT2D eigenvalue weighted by Gasteiger charge is -2.31. The predicted octanol–water partition coefficient (Wildman–Crippen LogP) is 0.327. The van der Waals surface area contributed by atoms with E-state index in [1.165, 1.54) is 6.07 Å². The Bertz CT molecular complexity index is 570. The van der Waals surface area contributed by atoms with Crippen molar-refractivity contribution in [3.05, 3.63) is 35.6 Å². The van der Waals surface area contributed by atoms with Gasteiger partial charge in [-0.3, -0.25) is 4.79 Å². The number of amides is 3. The monoisotopic (exact) mass is 339 g/mol. The smallest absolute Gasteiger partial charge is 0.315 e. The molecule has 2 rings (SSSR count). The van der Waals surface area contributed by atoms with Gasteiger partial charge in [0, 0.05) is 13.2 Å². The average Bonchev–Trinajstić information content (AvgIpc) is 2.56. The Kier molecular flexibility index (Phi) is 6.95. The van der Waals surface area contributed by atoms with Crippen molar-refractivity contribution in [1.82, 2.24) is 10.6 Å². The van der Waals surface area contributed by atoms with Gasteiger partial charge in [-0.2, -0.15) is 0 Å². The van der Waals surface area contributed by atoms with E-state index >= 15 is 0 Å². The summed E-state index contributed by atoms with van der Waals surface area (Å²) in [5.74, 6) is -0.852. The number of primary amides is 1. The summed E-state index contributed by atoms with van der Waals surface area (Å²) in [6.45, 7) is 0.894. The zero-order valence-electron chi connectivity index (χ0n) is 13.3. The molecule has 0 unspecified atom stereocenters. The van der Waals surface area contributed by atoms with Crippen LogP contribution in [-0.2, 0) is 20.7 Å². The second-order valence-corrected chi connectivity index (χ2v) is 5.53. The number of nitrogens with one attached hydrogen (secondary N) is 2. The van der Waals surface area contributed by atoms with Crippen LogP contribution in [0, 0.1) is 5.82 Å². The number of benzene rings is 1. The van der Waals surface area contributed by atoms with Crippen molar-refractivity contribution in [1.29, 1.82) is 0 Å². The zero-order chi connectivity index (χ0) is 17.4. The third-order valence-electron chi connectivity index (χ3n) is 3.69. The summed E-state index contributed by atoms with van der Waals surface area (Å²) in [5.41, 5.74) is 5.61. The van der Waals surface area contributed by atoms with Gasteiger partial charge < -0.3 is 25.8 Å². The van der Waals surface area contributed by atoms with Crippen molar-refractivity contribution in [3.63, 3.8) is 0 Å². The molecule has 1 aromatic carbocycles. The number of rotatable bonds is 7. The Morgan fingerprint density at radius 2 is 2.17 bits per heavy atom. The van der Waals surface area contributed by atoms with Gasteiger partial charge in [0.25, 0.3) is 0 Å². The Morgan fingerprint density at radius 1 is 1.38 bits per heavy atom. The molecule has 8 heteroatoms. The topological polar surface area (TPSA) is 103 Å². The van der Waals surface area contributed by atoms with Gasteiger partial charge in [0.2, 0.25) is 5.91 Å². The van der Waals surface area contributed by atoms with E-state index in [-0.39, 0.29) is 24.6 Å². The van der Waals surface area contributed by atoms with Gasteiger partial charge in [-0.15, -0.1) is 0 Å². The second-order valence-electron chi connectivity index (χ2n) is 5.53. The maximum atomic E-state index is 13.5. The lowest BCUT2D eigenvalue weighted by atomic mass is 10.1. The third kappa shape index (κ3) is 5.78. The highest BCUT2D eigenvalue weighted by molar-refractivity contribution is 5.75. The van der Waals surface area contributed by atoms with Crippen LogP contribution in [0.4, 0.5) is 9.18 Å². The maximum absolute atomic E-state index is 13.5. The third-order valence-corrected chi connectivity index (χ3v) is 3.69. The molecule has 4 N–H and O–H groups in total. The minimum atomic E-state index is -0.561. The van der Waals surface area contributed by atoms with Gasteiger partial charge in [-0.05, 0) is 24.5 Å². The van der Waals surface area contributed by atoms with Crippen LogP contribution in [0.25, 0.3) is 0 Å². The molecule has 0 aliphatic carbocycles. The summed E-state index contributed by atoms with van der Waals surface area (Å²) in [6.07, 6.45) is 0.625. The molecule has 1 saturated heterocycles. The van der Waals surface area contributed by atoms with Gasteiger partial charge in [-0.1, -0.05) is 18.2 Å². The van der Waals surface area contributed by atoms with Crippen LogP contribution in [0.3, 0.4) is 0 Å². The number of hydrogen-bond donors (Lipinski definition) is 3. The number of urea groups is 1. The van der Waals surface area contributed by atoms with E-state index in [4.69, 9.17) is 15.2 Å². The van der Waals surface area contributed by atoms with E-state index in [1.807, 2.05) is 0 Å².